The lowest BCUT2D eigenvalue weighted by atomic mass is 9.74. The Balaban J connectivity index is 0.850. The summed E-state index contributed by atoms with van der Waals surface area (Å²) in [5, 5.41) is 0. The zero-order valence-corrected chi connectivity index (χ0v) is 62.2. The van der Waals surface area contributed by atoms with Crippen LogP contribution < -0.4 is 37.9 Å². The summed E-state index contributed by atoms with van der Waals surface area (Å²) >= 11 is 0. The molecule has 8 saturated heterocycles. The second-order valence-electron chi connectivity index (χ2n) is 31.8. The molecule has 0 aromatic heterocycles. The molecule has 8 unspecified atom stereocenters. The van der Waals surface area contributed by atoms with Crippen LogP contribution >= 0.6 is 0 Å². The lowest BCUT2D eigenvalue weighted by Crippen LogP contribution is -2.22. The van der Waals surface area contributed by atoms with Crippen LogP contribution in [0.4, 0.5) is 0 Å². The van der Waals surface area contributed by atoms with Crippen molar-refractivity contribution in [3.05, 3.63) is 235 Å². The SMILES string of the molecule is CCc1cc(C(C)(C)c2ccc(OCC3CO3)cc2)cc(Cc2cc(C(C)(C)c3ccc(OCC4CO4)cc3)cc(Cc3cc(C(C)(C)c4ccc(OCC5CO5)cc4)cc(Cc4cc(C(C)(C)c5ccc(OCC6CO6)cc5)ccc4OCC4CO4)c3OCC3CO3)c2OCC2CO2)c1OCC1CO1. The summed E-state index contributed by atoms with van der Waals surface area (Å²) in [5.41, 5.74) is 14.6. The van der Waals surface area contributed by atoms with Crippen LogP contribution in [0.5, 0.6) is 46.0 Å². The molecule has 0 amide bonds. The van der Waals surface area contributed by atoms with Crippen molar-refractivity contribution < 1.29 is 75.8 Å². The van der Waals surface area contributed by atoms with Gasteiger partial charge in [0.1, 0.15) is 148 Å². The highest BCUT2D eigenvalue weighted by Crippen LogP contribution is 2.47. The molecule has 0 N–H and O–H groups in total. The van der Waals surface area contributed by atoms with Gasteiger partial charge < -0.3 is 75.8 Å². The van der Waals surface area contributed by atoms with Crippen LogP contribution in [0.15, 0.2) is 152 Å². The van der Waals surface area contributed by atoms with Gasteiger partial charge >= 0.3 is 0 Å². The van der Waals surface area contributed by atoms with Gasteiger partial charge in [-0.3, -0.25) is 0 Å². The lowest BCUT2D eigenvalue weighted by molar-refractivity contribution is 0.256. The van der Waals surface area contributed by atoms with E-state index >= 15 is 0 Å². The largest absolute Gasteiger partial charge is 0.491 e. The van der Waals surface area contributed by atoms with E-state index in [0.29, 0.717) is 98.5 Å². The summed E-state index contributed by atoms with van der Waals surface area (Å²) in [4.78, 5) is 0. The molecule has 8 fully saturated rings. The van der Waals surface area contributed by atoms with E-state index in [1.807, 2.05) is 0 Å². The second kappa shape index (κ2) is 29.9. The van der Waals surface area contributed by atoms with E-state index in [1.165, 1.54) is 11.1 Å². The van der Waals surface area contributed by atoms with E-state index in [1.54, 1.807) is 0 Å². The van der Waals surface area contributed by atoms with Crippen molar-refractivity contribution in [1.29, 1.82) is 0 Å². The minimum Gasteiger partial charge on any atom is -0.491 e. The fourth-order valence-electron chi connectivity index (χ4n) is 14.0. The molecule has 0 saturated carbocycles. The first-order chi connectivity index (χ1) is 50.8. The molecule has 105 heavy (non-hydrogen) atoms. The van der Waals surface area contributed by atoms with Crippen LogP contribution in [0.3, 0.4) is 0 Å². The average molecular weight is 1430 g/mol. The minimum absolute atomic E-state index is 0.0380. The molecule has 16 heteroatoms. The maximum Gasteiger partial charge on any atom is 0.126 e. The predicted molar refractivity (Wildman–Crippen MR) is 400 cm³/mol. The molecule has 0 aliphatic carbocycles. The second-order valence-corrected chi connectivity index (χ2v) is 31.8. The minimum atomic E-state index is -0.538. The van der Waals surface area contributed by atoms with E-state index in [-0.39, 0.29) is 48.8 Å². The van der Waals surface area contributed by atoms with Crippen molar-refractivity contribution in [1.82, 2.24) is 0 Å². The van der Waals surface area contributed by atoms with Gasteiger partial charge in [0.05, 0.1) is 52.9 Å². The van der Waals surface area contributed by atoms with E-state index < -0.39 is 21.7 Å². The molecule has 0 spiro atoms. The standard InChI is InChI=1S/C89H100O16/c1-10-55-32-67(87(4,5)63-13-22-71(23-14-63)91-40-75-44-95-75)35-58(83(55)103-52-79-48-99-79)30-59-36-69(89(8,9)65-17-26-73(27-18-65)93-42-77-46-97-77)38-61(85(59)105-54-81-50-101-81)31-60-37-68(88(6,7)64-15-24-72(25-16-64)92-41-76-45-96-76)34-57(84(60)104-53-80-49-100-80)29-56-33-66(19-28-82(56)102-51-78-47-98-78)86(2,3)62-11-20-70(21-12-62)90-39-74-43-94-74/h11-28,32-38,74-81H,10,29-31,39-54H2,1-9H3. The number of benzene rings is 8. The molecule has 8 aliphatic heterocycles. The summed E-state index contributed by atoms with van der Waals surface area (Å²) in [6.07, 6.45) is 2.77. The molecule has 8 heterocycles. The zero-order chi connectivity index (χ0) is 72.0. The Bertz CT molecular complexity index is 4340. The van der Waals surface area contributed by atoms with Gasteiger partial charge in [-0.05, 0) is 144 Å². The molecule has 8 aromatic carbocycles. The Morgan fingerprint density at radius 3 is 0.724 bits per heavy atom. The molecular weight excluding hydrogens is 1320 g/mol. The topological polar surface area (TPSA) is 174 Å². The van der Waals surface area contributed by atoms with Gasteiger partial charge in [-0.1, -0.05) is 159 Å². The Morgan fingerprint density at radius 2 is 0.457 bits per heavy atom. The normalized spacial score (nSPS) is 21.8. The zero-order valence-electron chi connectivity index (χ0n) is 62.2. The lowest BCUT2D eigenvalue weighted by Gasteiger charge is -2.31. The van der Waals surface area contributed by atoms with Crippen molar-refractivity contribution >= 4 is 0 Å². The molecule has 8 aliphatic rings. The summed E-state index contributed by atoms with van der Waals surface area (Å²) in [6.45, 7) is 30.0. The maximum atomic E-state index is 7.42. The fraction of sp³-hybridized carbons (Fsp3) is 0.461. The van der Waals surface area contributed by atoms with Gasteiger partial charge in [0.15, 0.2) is 0 Å². The van der Waals surface area contributed by atoms with Crippen LogP contribution in [-0.2, 0) is 85.2 Å². The van der Waals surface area contributed by atoms with E-state index in [0.717, 1.165) is 151 Å². The first-order valence-electron chi connectivity index (χ1n) is 37.8. The Hall–Kier alpha value is -8.16. The van der Waals surface area contributed by atoms with Gasteiger partial charge in [-0.25, -0.2) is 0 Å². The monoisotopic (exact) mass is 1420 g/mol. The van der Waals surface area contributed by atoms with E-state index in [2.05, 4.69) is 214 Å². The molecule has 8 atom stereocenters. The molecule has 16 rings (SSSR count). The molecule has 0 bridgehead atoms. The molecule has 552 valence electrons. The number of ether oxygens (including phenoxy) is 16. The van der Waals surface area contributed by atoms with Crippen molar-refractivity contribution in [2.45, 2.75) is 158 Å². The van der Waals surface area contributed by atoms with Crippen molar-refractivity contribution in [2.24, 2.45) is 0 Å². The summed E-state index contributed by atoms with van der Waals surface area (Å²) in [6, 6.07) is 55.2. The molecular formula is C89H100O16. The smallest absolute Gasteiger partial charge is 0.126 e. The fourth-order valence-corrected chi connectivity index (χ4v) is 14.0. The van der Waals surface area contributed by atoms with Crippen LogP contribution in [-0.4, -0.2) is 155 Å². The Morgan fingerprint density at radius 1 is 0.248 bits per heavy atom. The number of hydrogen-bond donors (Lipinski definition) is 0. The third-order valence-corrected chi connectivity index (χ3v) is 22.1. The first kappa shape index (κ1) is 71.1. The summed E-state index contributed by atoms with van der Waals surface area (Å²) in [5.74, 6) is 6.55. The molecule has 0 radical (unpaired) electrons. The van der Waals surface area contributed by atoms with Crippen molar-refractivity contribution in [3.63, 3.8) is 0 Å². The molecule has 8 aromatic rings. The van der Waals surface area contributed by atoms with Crippen LogP contribution in [0.2, 0.25) is 0 Å². The van der Waals surface area contributed by atoms with Gasteiger partial charge in [0, 0.05) is 40.9 Å². The third-order valence-electron chi connectivity index (χ3n) is 22.1. The van der Waals surface area contributed by atoms with Crippen LogP contribution in [0, 0.1) is 0 Å². The van der Waals surface area contributed by atoms with E-state index in [9.17, 15) is 0 Å². The van der Waals surface area contributed by atoms with Crippen LogP contribution in [0.25, 0.3) is 0 Å². The van der Waals surface area contributed by atoms with Crippen molar-refractivity contribution in [2.75, 3.05) is 106 Å². The highest BCUT2D eigenvalue weighted by molar-refractivity contribution is 5.60. The van der Waals surface area contributed by atoms with Gasteiger partial charge in [-0.15, -0.1) is 0 Å². The number of rotatable bonds is 39. The van der Waals surface area contributed by atoms with Gasteiger partial charge in [-0.2, -0.15) is 0 Å². The first-order valence-corrected chi connectivity index (χ1v) is 37.8. The highest BCUT2D eigenvalue weighted by atomic mass is 16.6. The summed E-state index contributed by atoms with van der Waals surface area (Å²) in [7, 11) is 0. The molecule has 16 nitrogen and oxygen atoms in total. The van der Waals surface area contributed by atoms with Gasteiger partial charge in [0.25, 0.3) is 0 Å². The summed E-state index contributed by atoms with van der Waals surface area (Å²) < 4.78 is 98.9. The van der Waals surface area contributed by atoms with Gasteiger partial charge in [0.2, 0.25) is 0 Å². The number of epoxide rings is 8. The van der Waals surface area contributed by atoms with E-state index in [4.69, 9.17) is 75.8 Å². The average Bonchev–Trinajstić information content (AvgIpc) is 1.71. The Kier molecular flexibility index (Phi) is 20.2. The van der Waals surface area contributed by atoms with Crippen molar-refractivity contribution in [3.8, 4) is 46.0 Å². The predicted octanol–water partition coefficient (Wildman–Crippen LogP) is 14.5. The maximum absolute atomic E-state index is 7.42. The van der Waals surface area contributed by atoms with Crippen LogP contribution in [0.1, 0.15) is 146 Å². The highest BCUT2D eigenvalue weighted by Gasteiger charge is 2.37. The quantitative estimate of drug-likeness (QED) is 0.0333. The number of hydrogen-bond acceptors (Lipinski definition) is 16. The Labute approximate surface area is 618 Å². The third kappa shape index (κ3) is 17.6. The number of aryl methyl sites for hydroxylation is 1.